The Labute approximate surface area is 225 Å². The average Bonchev–Trinajstić information content (AvgIpc) is 2.90. The van der Waals surface area contributed by atoms with E-state index in [1.165, 1.54) is 0 Å². The molecule has 0 saturated carbocycles. The number of unbranched alkanes of at least 4 members (excludes halogenated alkanes) is 2. The second kappa shape index (κ2) is 15.1. The van der Waals surface area contributed by atoms with Crippen molar-refractivity contribution in [2.75, 3.05) is 45.9 Å². The molecule has 2 aromatic rings. The summed E-state index contributed by atoms with van der Waals surface area (Å²) < 4.78 is 11.6. The van der Waals surface area contributed by atoms with Crippen molar-refractivity contribution in [2.24, 2.45) is 0 Å². The highest BCUT2D eigenvalue weighted by molar-refractivity contribution is 6.30. The predicted molar refractivity (Wildman–Crippen MR) is 147 cm³/mol. The number of phenols is 1. The van der Waals surface area contributed by atoms with Crippen molar-refractivity contribution in [3.8, 4) is 17.2 Å². The maximum Gasteiger partial charge on any atom is 0.222 e. The van der Waals surface area contributed by atoms with Crippen LogP contribution in [0.1, 0.15) is 63.2 Å². The van der Waals surface area contributed by atoms with E-state index in [0.717, 1.165) is 49.9 Å². The van der Waals surface area contributed by atoms with Gasteiger partial charge in [0, 0.05) is 44.2 Å². The summed E-state index contributed by atoms with van der Waals surface area (Å²) in [6, 6.07) is 10.9. The van der Waals surface area contributed by atoms with Gasteiger partial charge in [0.25, 0.3) is 0 Å². The van der Waals surface area contributed by atoms with Crippen molar-refractivity contribution in [1.82, 2.24) is 9.80 Å². The number of aryl methyl sites for hydroxylation is 1. The van der Waals surface area contributed by atoms with Crippen molar-refractivity contribution in [1.29, 1.82) is 0 Å². The maximum absolute atomic E-state index is 12.9. The average molecular weight is 533 g/mol. The zero-order chi connectivity index (χ0) is 26.6. The molecule has 0 radical (unpaired) electrons. The Morgan fingerprint density at radius 3 is 2.08 bits per heavy atom. The Hall–Kier alpha value is -2.48. The topological polar surface area (TPSA) is 82.5 Å². The van der Waals surface area contributed by atoms with Crippen LogP contribution < -0.4 is 9.47 Å². The smallest absolute Gasteiger partial charge is 0.222 e. The summed E-state index contributed by atoms with van der Waals surface area (Å²) in [6.07, 6.45) is 4.14. The number of carbonyl (C=O) groups excluding carboxylic acids is 1. The van der Waals surface area contributed by atoms with Gasteiger partial charge in [0.05, 0.1) is 19.3 Å². The lowest BCUT2D eigenvalue weighted by molar-refractivity contribution is -0.133. The lowest BCUT2D eigenvalue weighted by Crippen LogP contribution is -2.49. The van der Waals surface area contributed by atoms with Crippen LogP contribution in [0.5, 0.6) is 17.2 Å². The Morgan fingerprint density at radius 2 is 1.54 bits per heavy atom. The molecule has 0 aromatic heterocycles. The van der Waals surface area contributed by atoms with Crippen LogP contribution in [0.2, 0.25) is 5.02 Å². The number of carbonyl (C=O) groups is 1. The predicted octanol–water partition coefficient (Wildman–Crippen LogP) is 5.21. The van der Waals surface area contributed by atoms with Gasteiger partial charge < -0.3 is 24.6 Å². The van der Waals surface area contributed by atoms with Gasteiger partial charge in [-0.3, -0.25) is 9.69 Å². The van der Waals surface area contributed by atoms with E-state index in [4.69, 9.17) is 21.1 Å². The van der Waals surface area contributed by atoms with Crippen molar-refractivity contribution in [3.63, 3.8) is 0 Å². The first kappa shape index (κ1) is 29.1. The fourth-order valence-electron chi connectivity index (χ4n) is 4.28. The number of aliphatic hydroxyl groups is 1. The quantitative estimate of drug-likeness (QED) is 0.325. The number of ether oxygens (including phenoxy) is 2. The molecule has 8 heteroatoms. The van der Waals surface area contributed by atoms with E-state index in [2.05, 4.69) is 18.7 Å². The van der Waals surface area contributed by atoms with Crippen LogP contribution in [-0.2, 0) is 11.2 Å². The number of piperazine rings is 1. The Kier molecular flexibility index (Phi) is 11.8. The van der Waals surface area contributed by atoms with Crippen molar-refractivity contribution in [2.45, 2.75) is 58.5 Å². The van der Waals surface area contributed by atoms with Gasteiger partial charge in [-0.15, -0.1) is 0 Å². The Morgan fingerprint density at radius 1 is 0.973 bits per heavy atom. The van der Waals surface area contributed by atoms with Crippen LogP contribution in [0.25, 0.3) is 0 Å². The molecule has 1 unspecified atom stereocenters. The molecule has 1 heterocycles. The van der Waals surface area contributed by atoms with E-state index < -0.39 is 6.10 Å². The zero-order valence-electron chi connectivity index (χ0n) is 22.1. The van der Waals surface area contributed by atoms with E-state index in [1.807, 2.05) is 29.2 Å². The van der Waals surface area contributed by atoms with Crippen molar-refractivity contribution < 1.29 is 24.5 Å². The number of aromatic hydroxyl groups is 1. The minimum atomic E-state index is -0.587. The molecule has 2 aromatic carbocycles. The Bertz CT molecular complexity index is 946. The van der Waals surface area contributed by atoms with Crippen LogP contribution in [0.4, 0.5) is 0 Å². The van der Waals surface area contributed by atoms with Gasteiger partial charge in [0.15, 0.2) is 11.5 Å². The number of phenolic OH excluding ortho intramolecular Hbond substituents is 1. The summed E-state index contributed by atoms with van der Waals surface area (Å²) >= 11 is 5.94. The van der Waals surface area contributed by atoms with E-state index in [0.29, 0.717) is 62.2 Å². The summed E-state index contributed by atoms with van der Waals surface area (Å²) in [5, 5.41) is 21.8. The lowest BCUT2D eigenvalue weighted by Gasteiger charge is -2.35. The first-order valence-electron chi connectivity index (χ1n) is 13.5. The molecule has 37 heavy (non-hydrogen) atoms. The Balaban J connectivity index is 1.51. The summed E-state index contributed by atoms with van der Waals surface area (Å²) in [7, 11) is 0. The molecule has 1 amide bonds. The van der Waals surface area contributed by atoms with Crippen molar-refractivity contribution in [3.05, 3.63) is 52.5 Å². The number of hydrogen-bond acceptors (Lipinski definition) is 6. The number of amides is 1. The van der Waals surface area contributed by atoms with Gasteiger partial charge in [0.1, 0.15) is 0 Å². The molecule has 7 nitrogen and oxygen atoms in total. The number of halogens is 1. The molecule has 0 spiro atoms. The van der Waals surface area contributed by atoms with Crippen LogP contribution in [0.15, 0.2) is 36.4 Å². The van der Waals surface area contributed by atoms with Crippen LogP contribution in [0.3, 0.4) is 0 Å². The van der Waals surface area contributed by atoms with Crippen LogP contribution in [0, 0.1) is 0 Å². The van der Waals surface area contributed by atoms with Crippen molar-refractivity contribution >= 4 is 17.5 Å². The number of β-amino-alcohol motifs (C(OH)–C–C–N with tert-alkyl or cyclic N) is 1. The number of nitrogens with zero attached hydrogens (tertiary/aromatic N) is 2. The van der Waals surface area contributed by atoms with Crippen LogP contribution >= 0.6 is 11.6 Å². The summed E-state index contributed by atoms with van der Waals surface area (Å²) in [5.74, 6) is 0.961. The molecule has 2 N–H and O–H groups in total. The lowest BCUT2D eigenvalue weighted by atomic mass is 10.1. The molecule has 1 atom stereocenters. The van der Waals surface area contributed by atoms with Gasteiger partial charge >= 0.3 is 0 Å². The number of benzene rings is 2. The molecule has 1 saturated heterocycles. The third-order valence-electron chi connectivity index (χ3n) is 6.65. The third kappa shape index (κ3) is 9.09. The first-order valence-corrected chi connectivity index (χ1v) is 13.8. The van der Waals surface area contributed by atoms with Gasteiger partial charge in [-0.25, -0.2) is 0 Å². The van der Waals surface area contributed by atoms with Gasteiger partial charge in [0.2, 0.25) is 11.7 Å². The SMILES string of the molecule is CCCCOc1cc(CCC(=O)N2CCN(CC(O)c3ccc(Cl)cc3)CC2)cc(OCCCC)c1O. The fourth-order valence-corrected chi connectivity index (χ4v) is 4.40. The summed E-state index contributed by atoms with van der Waals surface area (Å²) in [4.78, 5) is 17.0. The molecule has 204 valence electrons. The van der Waals surface area contributed by atoms with E-state index in [1.54, 1.807) is 12.1 Å². The molecule has 1 fully saturated rings. The second-order valence-corrected chi connectivity index (χ2v) is 10.0. The molecule has 1 aliphatic rings. The zero-order valence-corrected chi connectivity index (χ0v) is 22.9. The summed E-state index contributed by atoms with van der Waals surface area (Å²) in [6.45, 7) is 8.48. The monoisotopic (exact) mass is 532 g/mol. The van der Waals surface area contributed by atoms with Crippen LogP contribution in [-0.4, -0.2) is 71.9 Å². The number of rotatable bonds is 14. The molecule has 1 aliphatic heterocycles. The fraction of sp³-hybridized carbons (Fsp3) is 0.552. The standard InChI is InChI=1S/C29H41ClN2O5/c1-3-5-17-36-26-19-22(20-27(29(26)35)37-18-6-4-2)7-12-28(34)32-15-13-31(14-16-32)21-25(33)23-8-10-24(30)11-9-23/h8-11,19-20,25,33,35H,3-7,12-18,21H2,1-2H3. The second-order valence-electron chi connectivity index (χ2n) is 9.59. The number of aliphatic hydroxyl groups excluding tert-OH is 1. The maximum atomic E-state index is 12.9. The minimum Gasteiger partial charge on any atom is -0.502 e. The molecule has 0 bridgehead atoms. The van der Waals surface area contributed by atoms with E-state index in [9.17, 15) is 15.0 Å². The van der Waals surface area contributed by atoms with Gasteiger partial charge in [-0.1, -0.05) is 50.4 Å². The highest BCUT2D eigenvalue weighted by Crippen LogP contribution is 2.38. The third-order valence-corrected chi connectivity index (χ3v) is 6.90. The molecular formula is C29H41ClN2O5. The largest absolute Gasteiger partial charge is 0.502 e. The van der Waals surface area contributed by atoms with E-state index >= 15 is 0 Å². The number of hydrogen-bond donors (Lipinski definition) is 2. The van der Waals surface area contributed by atoms with E-state index in [-0.39, 0.29) is 11.7 Å². The summed E-state index contributed by atoms with van der Waals surface area (Å²) in [5.41, 5.74) is 1.75. The minimum absolute atomic E-state index is 0.0270. The normalized spacial score (nSPS) is 15.0. The van der Waals surface area contributed by atoms with Gasteiger partial charge in [-0.2, -0.15) is 0 Å². The molecule has 0 aliphatic carbocycles. The molecular weight excluding hydrogens is 492 g/mol. The molecule has 3 rings (SSSR count). The first-order chi connectivity index (χ1) is 17.9. The van der Waals surface area contributed by atoms with Gasteiger partial charge in [-0.05, 0) is 54.7 Å². The highest BCUT2D eigenvalue weighted by atomic mass is 35.5. The highest BCUT2D eigenvalue weighted by Gasteiger charge is 2.23.